The number of fused-ring (bicyclic) bond motifs is 1. The van der Waals surface area contributed by atoms with Crippen molar-refractivity contribution in [1.29, 1.82) is 0 Å². The van der Waals surface area contributed by atoms with Crippen LogP contribution in [0.25, 0.3) is 0 Å². The van der Waals surface area contributed by atoms with Crippen molar-refractivity contribution >= 4 is 5.97 Å². The summed E-state index contributed by atoms with van der Waals surface area (Å²) in [5, 5.41) is 10.4. The van der Waals surface area contributed by atoms with Crippen molar-refractivity contribution in [3.05, 3.63) is 28.8 Å². The molecule has 0 aromatic heterocycles. The summed E-state index contributed by atoms with van der Waals surface area (Å²) in [6, 6.07) is 3.88. The molecule has 1 N–H and O–H groups in total. The number of benzene rings is 1. The van der Waals surface area contributed by atoms with Crippen LogP contribution in [-0.2, 0) is 26.3 Å². The molecule has 1 aromatic rings. The Kier molecular flexibility index (Phi) is 3.54. The second-order valence-electron chi connectivity index (χ2n) is 5.33. The summed E-state index contributed by atoms with van der Waals surface area (Å²) in [6.07, 6.45) is 1.06. The first-order chi connectivity index (χ1) is 8.92. The number of aromatic hydroxyl groups is 1. The minimum absolute atomic E-state index is 0.0838. The molecule has 0 saturated heterocycles. The first-order valence-electron chi connectivity index (χ1n) is 6.40. The monoisotopic (exact) mass is 264 g/mol. The van der Waals surface area contributed by atoms with E-state index in [1.807, 2.05) is 26.0 Å². The van der Waals surface area contributed by atoms with Gasteiger partial charge in [0.2, 0.25) is 0 Å². The smallest absolute Gasteiger partial charge is 0.306 e. The Balaban J connectivity index is 2.32. The largest absolute Gasteiger partial charge is 0.507 e. The van der Waals surface area contributed by atoms with Crippen molar-refractivity contribution in [3.63, 3.8) is 0 Å². The maximum absolute atomic E-state index is 11.3. The lowest BCUT2D eigenvalue weighted by atomic mass is 9.72. The molecule has 4 heteroatoms. The fourth-order valence-corrected chi connectivity index (χ4v) is 2.75. The van der Waals surface area contributed by atoms with E-state index in [-0.39, 0.29) is 24.1 Å². The third kappa shape index (κ3) is 2.21. The number of phenols is 1. The molecule has 1 aromatic carbocycles. The van der Waals surface area contributed by atoms with Crippen LogP contribution in [0.1, 0.15) is 42.9 Å². The molecule has 0 saturated carbocycles. The quantitative estimate of drug-likeness (QED) is 0.849. The van der Waals surface area contributed by atoms with Gasteiger partial charge in [-0.1, -0.05) is 19.1 Å². The van der Waals surface area contributed by atoms with Crippen molar-refractivity contribution in [2.24, 2.45) is 0 Å². The van der Waals surface area contributed by atoms with Gasteiger partial charge in [0.25, 0.3) is 0 Å². The highest BCUT2D eigenvalue weighted by atomic mass is 16.5. The summed E-state index contributed by atoms with van der Waals surface area (Å²) in [6.45, 7) is 3.87. The number of hydrogen-bond acceptors (Lipinski definition) is 4. The van der Waals surface area contributed by atoms with E-state index in [1.165, 1.54) is 7.11 Å². The van der Waals surface area contributed by atoms with Crippen LogP contribution in [0.5, 0.6) is 5.75 Å². The van der Waals surface area contributed by atoms with Crippen LogP contribution >= 0.6 is 0 Å². The molecule has 1 aliphatic rings. The van der Waals surface area contributed by atoms with E-state index in [4.69, 9.17) is 4.74 Å². The van der Waals surface area contributed by atoms with Crippen molar-refractivity contribution < 1.29 is 19.4 Å². The number of hydrogen-bond donors (Lipinski definition) is 1. The Morgan fingerprint density at radius 3 is 2.74 bits per heavy atom. The molecular formula is C15H20O4. The molecule has 4 nitrogen and oxygen atoms in total. The van der Waals surface area contributed by atoms with Crippen molar-refractivity contribution in [2.45, 2.75) is 38.2 Å². The Labute approximate surface area is 113 Å². The van der Waals surface area contributed by atoms with Gasteiger partial charge in [-0.2, -0.15) is 0 Å². The van der Waals surface area contributed by atoms with E-state index in [9.17, 15) is 9.90 Å². The fourth-order valence-electron chi connectivity index (χ4n) is 2.75. The van der Waals surface area contributed by atoms with Gasteiger partial charge in [-0.3, -0.25) is 4.79 Å². The highest BCUT2D eigenvalue weighted by Gasteiger charge is 2.42. The highest BCUT2D eigenvalue weighted by Crippen LogP contribution is 2.49. The Morgan fingerprint density at radius 1 is 1.47 bits per heavy atom. The number of carbonyl (C=O) groups is 1. The van der Waals surface area contributed by atoms with Crippen LogP contribution in [0.4, 0.5) is 0 Å². The van der Waals surface area contributed by atoms with E-state index >= 15 is 0 Å². The molecular weight excluding hydrogens is 244 g/mol. The second kappa shape index (κ2) is 4.85. The van der Waals surface area contributed by atoms with Crippen LogP contribution in [0.15, 0.2) is 12.1 Å². The number of esters is 1. The third-order valence-electron chi connectivity index (χ3n) is 4.03. The predicted octanol–water partition coefficient (Wildman–Crippen LogP) is 2.48. The third-order valence-corrected chi connectivity index (χ3v) is 4.03. The zero-order valence-electron chi connectivity index (χ0n) is 11.8. The molecule has 2 atom stereocenters. The Morgan fingerprint density at radius 2 is 2.16 bits per heavy atom. The van der Waals surface area contributed by atoms with Gasteiger partial charge in [0.1, 0.15) is 5.75 Å². The van der Waals surface area contributed by atoms with Crippen LogP contribution in [0.3, 0.4) is 0 Å². The number of rotatable bonds is 4. The van der Waals surface area contributed by atoms with Crippen LogP contribution in [0.2, 0.25) is 0 Å². The van der Waals surface area contributed by atoms with Crippen LogP contribution in [-0.4, -0.2) is 25.3 Å². The molecule has 2 rings (SSSR count). The van der Waals surface area contributed by atoms with E-state index in [1.54, 1.807) is 7.11 Å². The number of ether oxygens (including phenoxy) is 2. The zero-order chi connectivity index (χ0) is 14.2. The molecule has 0 fully saturated rings. The van der Waals surface area contributed by atoms with Gasteiger partial charge in [0.05, 0.1) is 19.1 Å². The summed E-state index contributed by atoms with van der Waals surface area (Å²) in [4.78, 5) is 11.3. The molecule has 0 radical (unpaired) electrons. The fraction of sp³-hybridized carbons (Fsp3) is 0.533. The van der Waals surface area contributed by atoms with Crippen LogP contribution in [0, 0.1) is 0 Å². The van der Waals surface area contributed by atoms with Gasteiger partial charge in [-0.05, 0) is 24.0 Å². The van der Waals surface area contributed by atoms with Crippen molar-refractivity contribution in [3.8, 4) is 5.75 Å². The first-order valence-corrected chi connectivity index (χ1v) is 6.40. The second-order valence-corrected chi connectivity index (χ2v) is 5.33. The maximum atomic E-state index is 11.3. The van der Waals surface area contributed by atoms with Gasteiger partial charge < -0.3 is 14.6 Å². The average molecular weight is 264 g/mol. The highest BCUT2D eigenvalue weighted by molar-refractivity contribution is 5.71. The molecule has 0 aliphatic heterocycles. The molecule has 104 valence electrons. The Bertz CT molecular complexity index is 509. The van der Waals surface area contributed by atoms with E-state index < -0.39 is 5.60 Å². The molecule has 0 amide bonds. The molecule has 0 heterocycles. The summed E-state index contributed by atoms with van der Waals surface area (Å²) < 4.78 is 10.1. The summed E-state index contributed by atoms with van der Waals surface area (Å²) in [7, 11) is 3.02. The molecule has 0 bridgehead atoms. The normalized spacial score (nSPS) is 22.3. The van der Waals surface area contributed by atoms with E-state index in [0.29, 0.717) is 0 Å². The van der Waals surface area contributed by atoms with Gasteiger partial charge in [-0.25, -0.2) is 0 Å². The topological polar surface area (TPSA) is 55.8 Å². The van der Waals surface area contributed by atoms with Gasteiger partial charge in [-0.15, -0.1) is 0 Å². The molecule has 0 spiro atoms. The van der Waals surface area contributed by atoms with E-state index in [0.717, 1.165) is 23.1 Å². The number of methoxy groups -OCH3 is 2. The molecule has 19 heavy (non-hydrogen) atoms. The minimum atomic E-state index is -0.416. The number of carbonyl (C=O) groups excluding carboxylic acids is 1. The minimum Gasteiger partial charge on any atom is -0.507 e. The summed E-state index contributed by atoms with van der Waals surface area (Å²) >= 11 is 0. The number of phenolic OH excluding ortho intramolecular Hbond substituents is 1. The lowest BCUT2D eigenvalue weighted by Crippen LogP contribution is -2.37. The molecule has 2 unspecified atom stereocenters. The van der Waals surface area contributed by atoms with Gasteiger partial charge in [0, 0.05) is 19.1 Å². The standard InChI is InChI=1S/C15H20O4/c1-9(7-12(16)18-3)11-6-5-10-8-15(2,19-4)13(10)14(11)17/h5-6,9,17H,7-8H2,1-4H3. The molecule has 1 aliphatic carbocycles. The van der Waals surface area contributed by atoms with Crippen LogP contribution < -0.4 is 0 Å². The lowest BCUT2D eigenvalue weighted by Gasteiger charge is -2.41. The first kappa shape index (κ1) is 13.9. The Hall–Kier alpha value is -1.55. The van der Waals surface area contributed by atoms with Crippen molar-refractivity contribution in [1.82, 2.24) is 0 Å². The average Bonchev–Trinajstić information content (AvgIpc) is 2.36. The predicted molar refractivity (Wildman–Crippen MR) is 71.2 cm³/mol. The summed E-state index contributed by atoms with van der Waals surface area (Å²) in [5.41, 5.74) is 2.31. The zero-order valence-corrected chi connectivity index (χ0v) is 11.8. The lowest BCUT2D eigenvalue weighted by molar-refractivity contribution is -0.140. The van der Waals surface area contributed by atoms with Gasteiger partial charge >= 0.3 is 5.97 Å². The van der Waals surface area contributed by atoms with Crippen molar-refractivity contribution in [2.75, 3.05) is 14.2 Å². The maximum Gasteiger partial charge on any atom is 0.306 e. The summed E-state index contributed by atoms with van der Waals surface area (Å²) in [5.74, 6) is -0.104. The SMILES string of the molecule is COC(=O)CC(C)c1ccc2c(c1O)C(C)(OC)C2. The van der Waals surface area contributed by atoms with Gasteiger partial charge in [0.15, 0.2) is 0 Å². The van der Waals surface area contributed by atoms with E-state index in [2.05, 4.69) is 4.74 Å².